The number of nitrogens with zero attached hydrogens (tertiary/aromatic N) is 1. The molecule has 1 N–H and O–H groups in total. The second-order valence-corrected chi connectivity index (χ2v) is 9.10. The summed E-state index contributed by atoms with van der Waals surface area (Å²) in [4.78, 5) is 12.5. The molecule has 0 aliphatic rings. The molecule has 0 aliphatic heterocycles. The molecule has 0 aliphatic carbocycles. The summed E-state index contributed by atoms with van der Waals surface area (Å²) >= 11 is 9.04. The van der Waals surface area contributed by atoms with Crippen LogP contribution in [0.4, 0.5) is 4.79 Å². The molecule has 0 fully saturated rings. The molecule has 8 heteroatoms. The average Bonchev–Trinajstić information content (AvgIpc) is 2.49. The molecule has 5 nitrogen and oxygen atoms in total. The van der Waals surface area contributed by atoms with Crippen molar-refractivity contribution >= 4 is 35.8 Å². The molecule has 1 unspecified atom stereocenters. The Kier molecular flexibility index (Phi) is 10.5. The topological polar surface area (TPSA) is 50.8 Å². The highest BCUT2D eigenvalue weighted by Crippen LogP contribution is 2.52. The summed E-state index contributed by atoms with van der Waals surface area (Å²) in [6.45, 7) is 5.46. The molecule has 0 saturated heterocycles. The second kappa shape index (κ2) is 10.9. The molecule has 0 saturated carbocycles. The first-order chi connectivity index (χ1) is 9.90. The number of rotatable bonds is 5. The van der Waals surface area contributed by atoms with Crippen LogP contribution in [0.25, 0.3) is 0 Å². The van der Waals surface area contributed by atoms with Crippen LogP contribution >= 0.6 is 17.9 Å². The summed E-state index contributed by atoms with van der Waals surface area (Å²) in [5, 5.41) is 2.55. The Balaban J connectivity index is 0.000000400. The zero-order valence-electron chi connectivity index (χ0n) is 12.8. The van der Waals surface area contributed by atoms with E-state index in [0.29, 0.717) is 5.75 Å². The summed E-state index contributed by atoms with van der Waals surface area (Å²) in [6.07, 6.45) is 0. The van der Waals surface area contributed by atoms with Crippen molar-refractivity contribution in [1.29, 1.82) is 0 Å². The Hall–Kier alpha value is -0.750. The molecule has 21 heavy (non-hydrogen) atoms. The molecule has 0 radical (unpaired) electrons. The number of hydrogen-bond donors (Lipinski definition) is 2. The summed E-state index contributed by atoms with van der Waals surface area (Å²) in [7, 11) is 3.14. The van der Waals surface area contributed by atoms with Gasteiger partial charge in [-0.2, -0.15) is 0 Å². The maximum absolute atomic E-state index is 10.8. The second-order valence-electron chi connectivity index (χ2n) is 3.78. The zero-order chi connectivity index (χ0) is 16.3. The molecule has 120 valence electrons. The highest BCUT2D eigenvalue weighted by molar-refractivity contribution is 8.60. The van der Waals surface area contributed by atoms with E-state index < -0.39 is 5.69 Å². The Morgan fingerprint density at radius 3 is 2.19 bits per heavy atom. The van der Waals surface area contributed by atoms with Crippen molar-refractivity contribution in [1.82, 2.24) is 10.2 Å². The van der Waals surface area contributed by atoms with E-state index >= 15 is 0 Å². The molecule has 0 spiro atoms. The van der Waals surface area contributed by atoms with Crippen molar-refractivity contribution in [3.8, 4) is 5.75 Å². The van der Waals surface area contributed by atoms with Crippen LogP contribution in [0.1, 0.15) is 13.8 Å². The molecule has 0 aromatic heterocycles. The minimum Gasteiger partial charge on any atom is -0.436 e. The molecule has 1 rings (SSSR count). The van der Waals surface area contributed by atoms with Gasteiger partial charge in [0.25, 0.3) is 5.69 Å². The fourth-order valence-corrected chi connectivity index (χ4v) is 2.32. The van der Waals surface area contributed by atoms with Gasteiger partial charge in [0.05, 0.1) is 0 Å². The lowest BCUT2D eigenvalue weighted by Gasteiger charge is -2.16. The summed E-state index contributed by atoms with van der Waals surface area (Å²) in [6, 6.07) is 9.27. The maximum atomic E-state index is 10.8. The Bertz CT molecular complexity index is 456. The lowest BCUT2D eigenvalue weighted by Crippen LogP contribution is -2.37. The van der Waals surface area contributed by atoms with E-state index in [-0.39, 0.29) is 6.03 Å². The van der Waals surface area contributed by atoms with Gasteiger partial charge in [0, 0.05) is 27.2 Å². The Morgan fingerprint density at radius 2 is 1.86 bits per heavy atom. The predicted molar refractivity (Wildman–Crippen MR) is 94.7 cm³/mol. The van der Waals surface area contributed by atoms with Crippen LogP contribution in [-0.4, -0.2) is 38.2 Å². The smallest absolute Gasteiger partial charge is 0.317 e. The molecular weight excluding hydrogens is 327 g/mol. The third-order valence-electron chi connectivity index (χ3n) is 2.46. The van der Waals surface area contributed by atoms with Crippen LogP contribution in [-0.2, 0) is 16.3 Å². The first-order valence-electron chi connectivity index (χ1n) is 6.50. The van der Waals surface area contributed by atoms with Gasteiger partial charge < -0.3 is 19.3 Å². The lowest BCUT2D eigenvalue weighted by molar-refractivity contribution is 0.205. The van der Waals surface area contributed by atoms with Crippen LogP contribution in [0.3, 0.4) is 0 Å². The van der Waals surface area contributed by atoms with E-state index in [9.17, 15) is 4.79 Å². The highest BCUT2D eigenvalue weighted by atomic mass is 32.9. The average molecular weight is 350 g/mol. The summed E-state index contributed by atoms with van der Waals surface area (Å²) in [5.74, 6) is 0.692. The first-order valence-corrected chi connectivity index (χ1v) is 10.3. The number of nitrogens with one attached hydrogen (secondary N) is 1. The molecule has 0 heterocycles. The van der Waals surface area contributed by atoms with Crippen molar-refractivity contribution in [3.63, 3.8) is 0 Å². The molecule has 0 bridgehead atoms. The van der Waals surface area contributed by atoms with Gasteiger partial charge in [-0.05, 0) is 37.8 Å². The van der Waals surface area contributed by atoms with Gasteiger partial charge in [-0.3, -0.25) is 0 Å². The minimum absolute atomic E-state index is 0.000000000000000222. The van der Waals surface area contributed by atoms with Crippen molar-refractivity contribution < 1.29 is 13.8 Å². The highest BCUT2D eigenvalue weighted by Gasteiger charge is 2.11. The number of hydrogen-bond acceptors (Lipinski definition) is 4. The van der Waals surface area contributed by atoms with Crippen LogP contribution in [0, 0.1) is 0 Å². The van der Waals surface area contributed by atoms with Crippen molar-refractivity contribution in [3.05, 3.63) is 30.3 Å². The monoisotopic (exact) mass is 350 g/mol. The van der Waals surface area contributed by atoms with E-state index in [4.69, 9.17) is 20.9 Å². The van der Waals surface area contributed by atoms with Gasteiger partial charge in [0.15, 0.2) is 0 Å². The van der Waals surface area contributed by atoms with Crippen LogP contribution in [0.2, 0.25) is 0 Å². The van der Waals surface area contributed by atoms with Gasteiger partial charge in [0.1, 0.15) is 5.75 Å². The van der Waals surface area contributed by atoms with E-state index in [1.54, 1.807) is 11.9 Å². The van der Waals surface area contributed by atoms with Gasteiger partial charge in [-0.25, -0.2) is 4.79 Å². The van der Waals surface area contributed by atoms with Crippen molar-refractivity contribution in [2.75, 3.05) is 27.2 Å². The zero-order valence-corrected chi connectivity index (χ0v) is 15.4. The Morgan fingerprint density at radius 1 is 1.33 bits per heavy atom. The maximum Gasteiger partial charge on any atom is 0.317 e. The van der Waals surface area contributed by atoms with Crippen LogP contribution < -0.4 is 9.84 Å². The molecule has 1 aromatic carbocycles. The van der Waals surface area contributed by atoms with Gasteiger partial charge in [0.2, 0.25) is 0 Å². The van der Waals surface area contributed by atoms with Crippen molar-refractivity contribution in [2.45, 2.75) is 13.8 Å². The quantitative estimate of drug-likeness (QED) is 0.630. The third kappa shape index (κ3) is 8.98. The molecule has 2 amide bonds. The van der Waals surface area contributed by atoms with E-state index in [1.807, 2.05) is 44.2 Å². The minimum atomic E-state index is -2.37. The van der Waals surface area contributed by atoms with E-state index in [0.717, 1.165) is 13.1 Å². The normalized spacial score (nSPS) is 12.4. The first kappa shape index (κ1) is 20.2. The van der Waals surface area contributed by atoms with E-state index in [2.05, 4.69) is 17.6 Å². The number of carbonyl (C=O) groups excluding carboxylic acids is 1. The van der Waals surface area contributed by atoms with Gasteiger partial charge in [-0.15, -0.1) is 0 Å². The van der Waals surface area contributed by atoms with Crippen molar-refractivity contribution in [2.24, 2.45) is 0 Å². The van der Waals surface area contributed by atoms with Gasteiger partial charge in [-0.1, -0.05) is 30.4 Å². The number of benzene rings is 1. The molecular formula is C13H23N2O3PS2. The number of para-hydroxylation sites is 1. The number of urea groups is 1. The fourth-order valence-electron chi connectivity index (χ4n) is 1.32. The number of carbonyl (C=O) groups is 1. The summed E-state index contributed by atoms with van der Waals surface area (Å²) < 4.78 is 10.2. The van der Waals surface area contributed by atoms with Crippen LogP contribution in [0.15, 0.2) is 30.3 Å². The SMILES string of the molecule is CCN(CC)C(=O)NC.COP(=S)(S)Oc1ccccc1. The standard InChI is InChI=1S/C7H9O2PS2.C6H14N2O/c1-8-10(11,12)9-7-5-3-2-4-6-7;1-4-8(5-2)6(9)7-3/h2-6H,1H3,(H,11,12);4-5H2,1-3H3,(H,7,9). The van der Waals surface area contributed by atoms with Crippen LogP contribution in [0.5, 0.6) is 5.75 Å². The number of amides is 2. The predicted octanol–water partition coefficient (Wildman–Crippen LogP) is 3.53. The molecule has 1 aromatic rings. The molecule has 1 atom stereocenters. The lowest BCUT2D eigenvalue weighted by atomic mass is 10.3. The third-order valence-corrected chi connectivity index (χ3v) is 4.77. The fraction of sp³-hybridized carbons (Fsp3) is 0.462. The van der Waals surface area contributed by atoms with E-state index in [1.165, 1.54) is 7.11 Å². The van der Waals surface area contributed by atoms with Gasteiger partial charge >= 0.3 is 6.03 Å². The Labute approximate surface area is 137 Å². The summed E-state index contributed by atoms with van der Waals surface area (Å²) in [5.41, 5.74) is -2.37. The largest absolute Gasteiger partial charge is 0.436 e. The number of thiol groups is 1.